The molecule has 0 saturated heterocycles. The van der Waals surface area contributed by atoms with Gasteiger partial charge in [0.25, 0.3) is 0 Å². The molecule has 16 heavy (non-hydrogen) atoms. The largest absolute Gasteiger partial charge is 0.396 e. The fourth-order valence-electron chi connectivity index (χ4n) is 1.21. The zero-order valence-electron chi connectivity index (χ0n) is 8.86. The lowest BCUT2D eigenvalue weighted by Crippen LogP contribution is -2.07. The third kappa shape index (κ3) is 3.42. The van der Waals surface area contributed by atoms with Crippen molar-refractivity contribution < 1.29 is 0 Å². The SMILES string of the molecule is C#CCSCCNc1cccc(C#N)c1N. The number of anilines is 2. The van der Waals surface area contributed by atoms with E-state index in [1.54, 1.807) is 17.8 Å². The summed E-state index contributed by atoms with van der Waals surface area (Å²) >= 11 is 1.68. The summed E-state index contributed by atoms with van der Waals surface area (Å²) in [7, 11) is 0. The number of rotatable bonds is 5. The first-order valence-electron chi connectivity index (χ1n) is 4.83. The highest BCUT2D eigenvalue weighted by atomic mass is 32.2. The molecule has 0 aliphatic rings. The summed E-state index contributed by atoms with van der Waals surface area (Å²) in [6.45, 7) is 0.783. The third-order valence-electron chi connectivity index (χ3n) is 1.97. The lowest BCUT2D eigenvalue weighted by molar-refractivity contribution is 1.23. The van der Waals surface area contributed by atoms with E-state index in [9.17, 15) is 0 Å². The minimum absolute atomic E-state index is 0.501. The van der Waals surface area contributed by atoms with Crippen LogP contribution in [0.15, 0.2) is 18.2 Å². The Morgan fingerprint density at radius 3 is 3.00 bits per heavy atom. The van der Waals surface area contributed by atoms with Gasteiger partial charge in [0, 0.05) is 12.3 Å². The molecule has 0 aliphatic heterocycles. The van der Waals surface area contributed by atoms with E-state index in [1.165, 1.54) is 0 Å². The van der Waals surface area contributed by atoms with Crippen molar-refractivity contribution in [1.82, 2.24) is 0 Å². The molecule has 82 valence electrons. The number of hydrogen-bond acceptors (Lipinski definition) is 4. The molecule has 0 fully saturated rings. The Balaban J connectivity index is 2.49. The molecule has 0 aromatic heterocycles. The van der Waals surface area contributed by atoms with Crippen LogP contribution in [0.3, 0.4) is 0 Å². The van der Waals surface area contributed by atoms with Crippen LogP contribution in [0.25, 0.3) is 0 Å². The number of benzene rings is 1. The number of terminal acetylenes is 1. The molecule has 0 saturated carbocycles. The quantitative estimate of drug-likeness (QED) is 0.462. The van der Waals surface area contributed by atoms with Gasteiger partial charge in [-0.15, -0.1) is 18.2 Å². The van der Waals surface area contributed by atoms with Crippen LogP contribution in [-0.4, -0.2) is 18.1 Å². The number of nitrogens with zero attached hydrogens (tertiary/aromatic N) is 1. The van der Waals surface area contributed by atoms with Crippen molar-refractivity contribution in [1.29, 1.82) is 5.26 Å². The van der Waals surface area contributed by atoms with Gasteiger partial charge in [-0.3, -0.25) is 0 Å². The van der Waals surface area contributed by atoms with Crippen molar-refractivity contribution in [2.24, 2.45) is 0 Å². The summed E-state index contributed by atoms with van der Waals surface area (Å²) in [5, 5.41) is 12.0. The maximum Gasteiger partial charge on any atom is 0.101 e. The summed E-state index contributed by atoms with van der Waals surface area (Å²) in [6, 6.07) is 7.43. The molecule has 0 atom stereocenters. The first kappa shape index (κ1) is 12.3. The number of hydrogen-bond donors (Lipinski definition) is 2. The minimum atomic E-state index is 0.501. The van der Waals surface area contributed by atoms with Crippen LogP contribution in [0.4, 0.5) is 11.4 Å². The van der Waals surface area contributed by atoms with Gasteiger partial charge in [0.1, 0.15) is 6.07 Å². The first-order chi connectivity index (χ1) is 7.79. The summed E-state index contributed by atoms with van der Waals surface area (Å²) in [5.74, 6) is 4.20. The van der Waals surface area contributed by atoms with E-state index in [2.05, 4.69) is 11.2 Å². The normalized spacial score (nSPS) is 9.12. The Labute approximate surface area is 100 Å². The molecule has 0 spiro atoms. The van der Waals surface area contributed by atoms with Gasteiger partial charge in [0.05, 0.1) is 22.7 Å². The highest BCUT2D eigenvalue weighted by molar-refractivity contribution is 7.99. The molecule has 3 N–H and O–H groups in total. The van der Waals surface area contributed by atoms with Gasteiger partial charge in [-0.05, 0) is 12.1 Å². The Morgan fingerprint density at radius 1 is 1.50 bits per heavy atom. The molecule has 0 heterocycles. The molecule has 4 heteroatoms. The molecule has 0 bridgehead atoms. The van der Waals surface area contributed by atoms with Crippen LogP contribution in [0.1, 0.15) is 5.56 Å². The molecule has 1 aromatic rings. The zero-order chi connectivity index (χ0) is 11.8. The summed E-state index contributed by atoms with van der Waals surface area (Å²) in [6.07, 6.45) is 5.14. The maximum absolute atomic E-state index is 8.80. The lowest BCUT2D eigenvalue weighted by Gasteiger charge is -2.09. The molecule has 0 amide bonds. The highest BCUT2D eigenvalue weighted by Crippen LogP contribution is 2.21. The van der Waals surface area contributed by atoms with Crippen molar-refractivity contribution in [3.05, 3.63) is 23.8 Å². The number of nitrogens with one attached hydrogen (secondary N) is 1. The van der Waals surface area contributed by atoms with E-state index < -0.39 is 0 Å². The van der Waals surface area contributed by atoms with Gasteiger partial charge in [0.15, 0.2) is 0 Å². The Morgan fingerprint density at radius 2 is 2.31 bits per heavy atom. The van der Waals surface area contributed by atoms with Crippen LogP contribution in [0, 0.1) is 23.7 Å². The average Bonchev–Trinajstić information content (AvgIpc) is 2.31. The Kier molecular flexibility index (Phi) is 5.11. The lowest BCUT2D eigenvalue weighted by atomic mass is 10.1. The van der Waals surface area contributed by atoms with E-state index in [4.69, 9.17) is 17.4 Å². The highest BCUT2D eigenvalue weighted by Gasteiger charge is 2.02. The van der Waals surface area contributed by atoms with E-state index in [0.717, 1.165) is 23.7 Å². The molecule has 1 rings (SSSR count). The fourth-order valence-corrected chi connectivity index (χ4v) is 1.71. The van der Waals surface area contributed by atoms with Gasteiger partial charge >= 0.3 is 0 Å². The molecule has 0 unspecified atom stereocenters. The predicted molar refractivity (Wildman–Crippen MR) is 70.2 cm³/mol. The van der Waals surface area contributed by atoms with E-state index in [1.807, 2.05) is 18.2 Å². The smallest absolute Gasteiger partial charge is 0.101 e. The maximum atomic E-state index is 8.80. The van der Waals surface area contributed by atoms with Crippen LogP contribution in [0.5, 0.6) is 0 Å². The predicted octanol–water partition coefficient (Wildman–Crippen LogP) is 1.92. The monoisotopic (exact) mass is 231 g/mol. The fraction of sp³-hybridized carbons (Fsp3) is 0.250. The number of nitriles is 1. The third-order valence-corrected chi connectivity index (χ3v) is 2.84. The van der Waals surface area contributed by atoms with Crippen molar-refractivity contribution in [2.75, 3.05) is 29.1 Å². The van der Waals surface area contributed by atoms with Crippen LogP contribution >= 0.6 is 11.8 Å². The molecule has 1 aromatic carbocycles. The van der Waals surface area contributed by atoms with E-state index >= 15 is 0 Å². The Hall–Kier alpha value is -1.78. The second-order valence-electron chi connectivity index (χ2n) is 3.06. The topological polar surface area (TPSA) is 61.8 Å². The minimum Gasteiger partial charge on any atom is -0.396 e. The Bertz CT molecular complexity index is 429. The summed E-state index contributed by atoms with van der Waals surface area (Å²) in [5.41, 5.74) is 7.62. The molecular formula is C12H13N3S. The molecule has 0 radical (unpaired) electrons. The van der Waals surface area contributed by atoms with Gasteiger partial charge in [-0.25, -0.2) is 0 Å². The first-order valence-corrected chi connectivity index (χ1v) is 5.98. The van der Waals surface area contributed by atoms with Gasteiger partial charge in [0.2, 0.25) is 0 Å². The van der Waals surface area contributed by atoms with Crippen molar-refractivity contribution in [2.45, 2.75) is 0 Å². The standard InChI is InChI=1S/C12H13N3S/c1-2-7-16-8-6-15-11-5-3-4-10(9-13)12(11)14/h1,3-5,15H,6-8,14H2. The van der Waals surface area contributed by atoms with Crippen LogP contribution in [0.2, 0.25) is 0 Å². The van der Waals surface area contributed by atoms with Gasteiger partial charge in [-0.1, -0.05) is 12.0 Å². The second-order valence-corrected chi connectivity index (χ2v) is 4.17. The average molecular weight is 231 g/mol. The molecular weight excluding hydrogens is 218 g/mol. The van der Waals surface area contributed by atoms with E-state index in [-0.39, 0.29) is 0 Å². The number of para-hydroxylation sites is 1. The zero-order valence-corrected chi connectivity index (χ0v) is 9.68. The molecule has 3 nitrogen and oxygen atoms in total. The van der Waals surface area contributed by atoms with Gasteiger partial charge < -0.3 is 11.1 Å². The van der Waals surface area contributed by atoms with Crippen molar-refractivity contribution in [3.63, 3.8) is 0 Å². The second kappa shape index (κ2) is 6.66. The molecule has 0 aliphatic carbocycles. The van der Waals surface area contributed by atoms with Crippen LogP contribution in [-0.2, 0) is 0 Å². The van der Waals surface area contributed by atoms with Crippen molar-refractivity contribution >= 4 is 23.1 Å². The van der Waals surface area contributed by atoms with E-state index in [0.29, 0.717) is 11.3 Å². The number of nitrogens with two attached hydrogens (primary N) is 1. The van der Waals surface area contributed by atoms with Crippen LogP contribution < -0.4 is 11.1 Å². The van der Waals surface area contributed by atoms with Crippen molar-refractivity contribution in [3.8, 4) is 18.4 Å². The number of thioether (sulfide) groups is 1. The summed E-state index contributed by atoms with van der Waals surface area (Å²) < 4.78 is 0. The number of nitrogen functional groups attached to an aromatic ring is 1. The van der Waals surface area contributed by atoms with Gasteiger partial charge in [-0.2, -0.15) is 5.26 Å². The summed E-state index contributed by atoms with van der Waals surface area (Å²) in [4.78, 5) is 0.